The maximum Gasteiger partial charge on any atom is 3.00 e. The fourth-order valence-corrected chi connectivity index (χ4v) is 4.32. The van der Waals surface area contributed by atoms with Gasteiger partial charge in [0.05, 0.1) is 0 Å². The molecule has 0 N–H and O–H groups in total. The van der Waals surface area contributed by atoms with Crippen LogP contribution in [0.2, 0.25) is 13.1 Å². The van der Waals surface area contributed by atoms with Gasteiger partial charge < -0.3 is 24.8 Å². The van der Waals surface area contributed by atoms with Crippen molar-refractivity contribution in [1.82, 2.24) is 0 Å². The Bertz CT molecular complexity index is 753. The molecule has 0 amide bonds. The molecule has 2 aliphatic rings. The van der Waals surface area contributed by atoms with Crippen molar-refractivity contribution in [2.75, 3.05) is 5.75 Å². The van der Waals surface area contributed by atoms with Crippen LogP contribution in [0.5, 0.6) is 0 Å². The Balaban J connectivity index is 0.000000402. The molecule has 0 unspecified atom stereocenters. The number of hydrogen-bond acceptors (Lipinski definition) is 1. The van der Waals surface area contributed by atoms with Crippen molar-refractivity contribution in [3.05, 3.63) is 76.7 Å². The average molecular weight is 470 g/mol. The number of thioether (sulfide) groups is 1. The summed E-state index contributed by atoms with van der Waals surface area (Å²) in [6.45, 7) is 4.64. The third-order valence-corrected chi connectivity index (χ3v) is 5.36. The maximum atomic E-state index is 2.41. The normalized spacial score (nSPS) is 13.7. The van der Waals surface area contributed by atoms with Crippen LogP contribution in [0.3, 0.4) is 0 Å². The molecule has 0 saturated carbocycles. The molecule has 5 heteroatoms. The first-order chi connectivity index (χ1) is 10.2. The molecule has 4 rings (SSSR count). The van der Waals surface area contributed by atoms with E-state index >= 15 is 0 Å². The average Bonchev–Trinajstić information content (AvgIpc) is 3.12. The number of halogens is 2. The Kier molecular flexibility index (Phi) is 11.5. The summed E-state index contributed by atoms with van der Waals surface area (Å²) in [5.41, 5.74) is 5.30. The van der Waals surface area contributed by atoms with Gasteiger partial charge in [0.15, 0.2) is 0 Å². The van der Waals surface area contributed by atoms with Crippen molar-refractivity contribution in [2.45, 2.75) is 13.1 Å². The van der Waals surface area contributed by atoms with E-state index in [2.05, 4.69) is 79.5 Å². The topological polar surface area (TPSA) is 0 Å². The van der Waals surface area contributed by atoms with Gasteiger partial charge in [-0.3, -0.25) is 0 Å². The van der Waals surface area contributed by atoms with Gasteiger partial charge in [-0.15, -0.1) is 41.4 Å². The van der Waals surface area contributed by atoms with Crippen LogP contribution in [0.4, 0.5) is 0 Å². The summed E-state index contributed by atoms with van der Waals surface area (Å²) in [5.74, 6) is 1.17. The Hall–Kier alpha value is -0.0500. The van der Waals surface area contributed by atoms with Crippen molar-refractivity contribution < 1.29 is 51.0 Å². The molecular weight excluding hydrogens is 450 g/mol. The van der Waals surface area contributed by atoms with Crippen LogP contribution in [0, 0.1) is 0 Å². The first kappa shape index (κ1) is 23.9. The molecule has 0 saturated heterocycles. The molecular formula is C19H19Cl2SSiZr. The second-order valence-corrected chi connectivity index (χ2v) is 9.00. The monoisotopic (exact) mass is 467 g/mol. The quantitative estimate of drug-likeness (QED) is 0.389. The first-order valence-corrected chi connectivity index (χ1v) is 10.8. The fraction of sp³-hybridized carbons (Fsp3) is 0.158. The minimum atomic E-state index is -0.222. The molecule has 0 aromatic heterocycles. The van der Waals surface area contributed by atoms with E-state index < -0.39 is 0 Å². The maximum absolute atomic E-state index is 2.41. The number of fused-ring (bicyclic) bond motifs is 2. The number of rotatable bonds is 1. The van der Waals surface area contributed by atoms with E-state index in [0.717, 1.165) is 0 Å². The van der Waals surface area contributed by atoms with Crippen LogP contribution >= 0.6 is 11.8 Å². The third-order valence-electron chi connectivity index (χ3n) is 3.45. The van der Waals surface area contributed by atoms with Crippen molar-refractivity contribution >= 4 is 36.6 Å². The van der Waals surface area contributed by atoms with Crippen molar-refractivity contribution in [2.24, 2.45) is 0 Å². The molecule has 0 fully saturated rings. The molecule has 123 valence electrons. The van der Waals surface area contributed by atoms with Gasteiger partial charge in [-0.25, -0.2) is 0 Å². The smallest absolute Gasteiger partial charge is 1.00 e. The Morgan fingerprint density at radius 3 is 2.50 bits per heavy atom. The van der Waals surface area contributed by atoms with Crippen LogP contribution in [0.15, 0.2) is 76.7 Å². The predicted octanol–water partition coefficient (Wildman–Crippen LogP) is -0.814. The summed E-state index contributed by atoms with van der Waals surface area (Å²) in [5, 5.41) is 2.66. The van der Waals surface area contributed by atoms with Gasteiger partial charge in [-0.05, 0) is 23.3 Å². The Morgan fingerprint density at radius 1 is 1.08 bits per heavy atom. The summed E-state index contributed by atoms with van der Waals surface area (Å²) in [4.78, 5) is 1.48. The summed E-state index contributed by atoms with van der Waals surface area (Å²) in [7, 11) is -0.222. The van der Waals surface area contributed by atoms with E-state index in [0.29, 0.717) is 0 Å². The molecule has 24 heavy (non-hydrogen) atoms. The second kappa shape index (κ2) is 11.5. The van der Waals surface area contributed by atoms with E-state index in [-0.39, 0.29) is 59.4 Å². The van der Waals surface area contributed by atoms with E-state index in [9.17, 15) is 0 Å². The zero-order valence-corrected chi connectivity index (χ0v) is 19.5. The van der Waals surface area contributed by atoms with Gasteiger partial charge in [-0.2, -0.15) is 17.5 Å². The van der Waals surface area contributed by atoms with Crippen molar-refractivity contribution in [1.29, 1.82) is 0 Å². The molecule has 2 aromatic carbocycles. The largest absolute Gasteiger partial charge is 3.00 e. The molecule has 1 aliphatic heterocycles. The fourth-order valence-electron chi connectivity index (χ4n) is 2.52. The molecule has 2 aromatic rings. The summed E-state index contributed by atoms with van der Waals surface area (Å²) < 4.78 is 0. The van der Waals surface area contributed by atoms with Crippen molar-refractivity contribution in [3.8, 4) is 0 Å². The van der Waals surface area contributed by atoms with Gasteiger partial charge in [0, 0.05) is 19.1 Å². The molecule has 0 nitrogen and oxygen atoms in total. The summed E-state index contributed by atoms with van der Waals surface area (Å²) in [6.07, 6.45) is 6.95. The Morgan fingerprint density at radius 2 is 1.83 bits per heavy atom. The van der Waals surface area contributed by atoms with Crippen LogP contribution in [0.1, 0.15) is 0 Å². The molecule has 1 aliphatic carbocycles. The van der Waals surface area contributed by atoms with Gasteiger partial charge >= 0.3 is 26.2 Å². The van der Waals surface area contributed by atoms with Crippen LogP contribution in [-0.2, 0) is 26.2 Å². The molecule has 0 bridgehead atoms. The zero-order chi connectivity index (χ0) is 14.7. The number of benzene rings is 1. The molecule has 1 radical (unpaired) electrons. The Labute approximate surface area is 182 Å². The van der Waals surface area contributed by atoms with E-state index in [1.807, 2.05) is 11.8 Å². The third kappa shape index (κ3) is 6.35. The minimum Gasteiger partial charge on any atom is -1.00 e. The standard InChI is InChI=1S/C10H12SSi.C9H7.2ClH.Zr/c1-12(2)7-8-5-9-3-4-11-10(9)6-8;1-2-5-9-7-3-6-8(9)4-1;;;/h3,5-7H,4H2,1-2H3;1-7H;2*1H;/q;-1;;;+3/p-2. The minimum absolute atomic E-state index is 0. The first-order valence-electron chi connectivity index (χ1n) is 7.24. The van der Waals surface area contributed by atoms with E-state index in [1.54, 1.807) is 0 Å². The van der Waals surface area contributed by atoms with Gasteiger partial charge in [0.2, 0.25) is 0 Å². The van der Waals surface area contributed by atoms with Gasteiger partial charge in [-0.1, -0.05) is 30.9 Å². The van der Waals surface area contributed by atoms with Crippen LogP contribution in [0.25, 0.3) is 10.8 Å². The van der Waals surface area contributed by atoms with Crippen LogP contribution < -0.4 is 24.8 Å². The molecule has 1 heterocycles. The SMILES string of the molecule is C[Si](C)=CC1=CC2=CCSC2=C1.[Cl-].[Cl-].[Zr+3].c1ccc2[cH-]ccc2c1. The number of allylic oxidation sites excluding steroid dienone is 4. The van der Waals surface area contributed by atoms with E-state index in [1.165, 1.54) is 32.6 Å². The van der Waals surface area contributed by atoms with Gasteiger partial charge in [0.1, 0.15) is 0 Å². The van der Waals surface area contributed by atoms with Crippen molar-refractivity contribution in [3.63, 3.8) is 0 Å². The van der Waals surface area contributed by atoms with E-state index in [4.69, 9.17) is 0 Å². The molecule has 0 atom stereocenters. The molecule has 0 spiro atoms. The summed E-state index contributed by atoms with van der Waals surface area (Å²) >= 11 is 1.95. The predicted molar refractivity (Wildman–Crippen MR) is 99.8 cm³/mol. The second-order valence-electron chi connectivity index (χ2n) is 5.50. The summed E-state index contributed by atoms with van der Waals surface area (Å²) in [6, 6.07) is 14.7. The van der Waals surface area contributed by atoms with Gasteiger partial charge in [0.25, 0.3) is 0 Å². The van der Waals surface area contributed by atoms with Crippen LogP contribution in [-0.4, -0.2) is 19.8 Å². The number of hydrogen-bond donors (Lipinski definition) is 0. The zero-order valence-electron chi connectivity index (χ0n) is 13.7.